The highest BCUT2D eigenvalue weighted by Gasteiger charge is 2.07. The van der Waals surface area contributed by atoms with Gasteiger partial charge in [-0.1, -0.05) is 17.7 Å². The van der Waals surface area contributed by atoms with E-state index in [1.165, 1.54) is 18.2 Å². The summed E-state index contributed by atoms with van der Waals surface area (Å²) in [5, 5.41) is 2.73. The summed E-state index contributed by atoms with van der Waals surface area (Å²) in [6, 6.07) is 9.42. The van der Waals surface area contributed by atoms with Crippen molar-refractivity contribution in [2.45, 2.75) is 13.8 Å². The molecule has 2 aromatic rings. The van der Waals surface area contributed by atoms with Gasteiger partial charge in [-0.2, -0.15) is 0 Å². The fourth-order valence-electron chi connectivity index (χ4n) is 2.11. The summed E-state index contributed by atoms with van der Waals surface area (Å²) in [4.78, 5) is 11.9. The Morgan fingerprint density at radius 3 is 2.52 bits per heavy atom. The van der Waals surface area contributed by atoms with Gasteiger partial charge in [0.15, 0.2) is 11.5 Å². The Morgan fingerprint density at radius 2 is 1.84 bits per heavy atom. The molecule has 2 aromatic carbocycles. The molecule has 0 spiro atoms. The third-order valence-corrected chi connectivity index (χ3v) is 3.42. The van der Waals surface area contributed by atoms with E-state index in [2.05, 4.69) is 5.32 Å². The summed E-state index contributed by atoms with van der Waals surface area (Å²) >= 11 is 5.68. The quantitative estimate of drug-likeness (QED) is 0.709. The molecule has 0 fully saturated rings. The first-order chi connectivity index (χ1) is 12.0. The number of anilines is 1. The van der Waals surface area contributed by atoms with E-state index >= 15 is 0 Å². The van der Waals surface area contributed by atoms with E-state index in [-0.39, 0.29) is 10.7 Å². The topological polar surface area (TPSA) is 47.6 Å². The van der Waals surface area contributed by atoms with Crippen molar-refractivity contribution in [3.05, 3.63) is 58.9 Å². The van der Waals surface area contributed by atoms with Crippen LogP contribution in [0.3, 0.4) is 0 Å². The molecule has 0 radical (unpaired) electrons. The molecule has 25 heavy (non-hydrogen) atoms. The molecule has 0 aliphatic rings. The zero-order chi connectivity index (χ0) is 18.2. The van der Waals surface area contributed by atoms with Crippen LogP contribution in [0.4, 0.5) is 10.1 Å². The van der Waals surface area contributed by atoms with Gasteiger partial charge in [-0.25, -0.2) is 4.39 Å². The summed E-state index contributed by atoms with van der Waals surface area (Å²) in [5.41, 5.74) is 0.833. The van der Waals surface area contributed by atoms with Crippen molar-refractivity contribution in [1.29, 1.82) is 0 Å². The van der Waals surface area contributed by atoms with Crippen molar-refractivity contribution in [2.24, 2.45) is 0 Å². The minimum Gasteiger partial charge on any atom is -0.490 e. The van der Waals surface area contributed by atoms with Crippen LogP contribution < -0.4 is 14.8 Å². The molecule has 1 N–H and O–H groups in total. The van der Waals surface area contributed by atoms with E-state index in [1.54, 1.807) is 24.3 Å². The van der Waals surface area contributed by atoms with Gasteiger partial charge in [-0.3, -0.25) is 4.79 Å². The maximum Gasteiger partial charge on any atom is 0.248 e. The highest BCUT2D eigenvalue weighted by molar-refractivity contribution is 6.30. The summed E-state index contributed by atoms with van der Waals surface area (Å²) in [7, 11) is 0. The molecule has 0 saturated carbocycles. The highest BCUT2D eigenvalue weighted by Crippen LogP contribution is 2.29. The van der Waals surface area contributed by atoms with Gasteiger partial charge in [-0.05, 0) is 55.8 Å². The molecule has 0 atom stereocenters. The smallest absolute Gasteiger partial charge is 0.248 e. The number of carbonyl (C=O) groups is 1. The van der Waals surface area contributed by atoms with Crippen molar-refractivity contribution in [3.63, 3.8) is 0 Å². The number of halogens is 2. The first-order valence-corrected chi connectivity index (χ1v) is 8.25. The lowest BCUT2D eigenvalue weighted by atomic mass is 10.2. The fourth-order valence-corrected chi connectivity index (χ4v) is 2.27. The van der Waals surface area contributed by atoms with Crippen molar-refractivity contribution in [3.8, 4) is 11.5 Å². The van der Waals surface area contributed by atoms with Crippen molar-refractivity contribution in [2.75, 3.05) is 18.5 Å². The third-order valence-electron chi connectivity index (χ3n) is 3.18. The van der Waals surface area contributed by atoms with Gasteiger partial charge < -0.3 is 14.8 Å². The molecule has 0 unspecified atom stereocenters. The second-order valence-electron chi connectivity index (χ2n) is 5.02. The number of rotatable bonds is 7. The molecule has 4 nitrogen and oxygen atoms in total. The van der Waals surface area contributed by atoms with Crippen LogP contribution in [0.2, 0.25) is 5.02 Å². The highest BCUT2D eigenvalue weighted by atomic mass is 35.5. The van der Waals surface area contributed by atoms with Crippen LogP contribution in [0, 0.1) is 5.82 Å². The van der Waals surface area contributed by atoms with E-state index in [4.69, 9.17) is 21.1 Å². The Bertz CT molecular complexity index is 777. The van der Waals surface area contributed by atoms with Crippen LogP contribution in [-0.4, -0.2) is 19.1 Å². The average molecular weight is 364 g/mol. The lowest BCUT2D eigenvalue weighted by molar-refractivity contribution is -0.111. The predicted molar refractivity (Wildman–Crippen MR) is 97.9 cm³/mol. The number of benzene rings is 2. The molecule has 0 bridgehead atoms. The molecule has 0 aliphatic heterocycles. The summed E-state index contributed by atoms with van der Waals surface area (Å²) in [5.74, 6) is 0.215. The Balaban J connectivity index is 2.09. The van der Waals surface area contributed by atoms with Crippen LogP contribution in [0.25, 0.3) is 6.08 Å². The zero-order valence-corrected chi connectivity index (χ0v) is 14.8. The second-order valence-corrected chi connectivity index (χ2v) is 5.46. The van der Waals surface area contributed by atoms with Crippen molar-refractivity contribution < 1.29 is 18.7 Å². The minimum absolute atomic E-state index is 0.0701. The molecule has 0 aromatic heterocycles. The molecule has 6 heteroatoms. The van der Waals surface area contributed by atoms with Crippen LogP contribution in [0.1, 0.15) is 19.4 Å². The normalized spacial score (nSPS) is 10.7. The van der Waals surface area contributed by atoms with E-state index in [1.807, 2.05) is 13.8 Å². The molecular formula is C19H19ClFNO3. The number of carbonyl (C=O) groups excluding carboxylic acids is 1. The molecule has 132 valence electrons. The van der Waals surface area contributed by atoms with Crippen LogP contribution in [-0.2, 0) is 4.79 Å². The molecule has 0 aliphatic carbocycles. The SMILES string of the molecule is CCOc1ccc(/C=C/C(=O)Nc2ccc(Cl)cc2F)cc1OCC. The maximum atomic E-state index is 13.7. The van der Waals surface area contributed by atoms with Crippen LogP contribution in [0.15, 0.2) is 42.5 Å². The van der Waals surface area contributed by atoms with Gasteiger partial charge in [0.2, 0.25) is 5.91 Å². The van der Waals surface area contributed by atoms with E-state index in [0.717, 1.165) is 11.6 Å². The predicted octanol–water partition coefficient (Wildman–Crippen LogP) is 4.93. The minimum atomic E-state index is -0.589. The summed E-state index contributed by atoms with van der Waals surface area (Å²) in [6.07, 6.45) is 2.93. The Labute approximate surface area is 151 Å². The lowest BCUT2D eigenvalue weighted by Crippen LogP contribution is -2.09. The second kappa shape index (κ2) is 9.08. The monoisotopic (exact) mass is 363 g/mol. The van der Waals surface area contributed by atoms with E-state index < -0.39 is 11.7 Å². The Kier molecular flexibility index (Phi) is 6.83. The number of amides is 1. The molecule has 0 heterocycles. The molecule has 2 rings (SSSR count). The first-order valence-electron chi connectivity index (χ1n) is 7.87. The van der Waals surface area contributed by atoms with Gasteiger partial charge in [0, 0.05) is 11.1 Å². The number of hydrogen-bond donors (Lipinski definition) is 1. The summed E-state index contributed by atoms with van der Waals surface area (Å²) in [6.45, 7) is 4.81. The van der Waals surface area contributed by atoms with Gasteiger partial charge in [0.1, 0.15) is 5.82 Å². The van der Waals surface area contributed by atoms with E-state index in [0.29, 0.717) is 24.7 Å². The Hall–Kier alpha value is -2.53. The fraction of sp³-hybridized carbons (Fsp3) is 0.211. The van der Waals surface area contributed by atoms with E-state index in [9.17, 15) is 9.18 Å². The standard InChI is InChI=1S/C19H19ClFNO3/c1-3-24-17-9-5-13(11-18(17)25-4-2)6-10-19(23)22-16-8-7-14(20)12-15(16)21/h5-12H,3-4H2,1-2H3,(H,22,23)/b10-6+. The number of nitrogens with one attached hydrogen (secondary N) is 1. The van der Waals surface area contributed by atoms with Crippen molar-refractivity contribution >= 4 is 29.3 Å². The van der Waals surface area contributed by atoms with Gasteiger partial charge >= 0.3 is 0 Å². The van der Waals surface area contributed by atoms with Crippen LogP contribution in [0.5, 0.6) is 11.5 Å². The largest absolute Gasteiger partial charge is 0.490 e. The molecular weight excluding hydrogens is 345 g/mol. The van der Waals surface area contributed by atoms with Gasteiger partial charge in [-0.15, -0.1) is 0 Å². The first kappa shape index (κ1) is 18.8. The summed E-state index contributed by atoms with van der Waals surface area (Å²) < 4.78 is 24.7. The Morgan fingerprint density at radius 1 is 1.12 bits per heavy atom. The zero-order valence-electron chi connectivity index (χ0n) is 14.0. The number of hydrogen-bond acceptors (Lipinski definition) is 3. The maximum absolute atomic E-state index is 13.7. The van der Waals surface area contributed by atoms with Crippen molar-refractivity contribution in [1.82, 2.24) is 0 Å². The lowest BCUT2D eigenvalue weighted by Gasteiger charge is -2.11. The van der Waals surface area contributed by atoms with Gasteiger partial charge in [0.05, 0.1) is 18.9 Å². The third kappa shape index (κ3) is 5.50. The average Bonchev–Trinajstić information content (AvgIpc) is 2.58. The molecule has 1 amide bonds. The van der Waals surface area contributed by atoms with Crippen LogP contribution >= 0.6 is 11.6 Å². The van der Waals surface area contributed by atoms with Gasteiger partial charge in [0.25, 0.3) is 0 Å². The number of ether oxygens (including phenoxy) is 2. The molecule has 0 saturated heterocycles.